The van der Waals surface area contributed by atoms with Gasteiger partial charge in [-0.3, -0.25) is 4.79 Å². The lowest BCUT2D eigenvalue weighted by atomic mass is 9.98. The van der Waals surface area contributed by atoms with Crippen LogP contribution in [0.4, 0.5) is 0 Å². The Morgan fingerprint density at radius 2 is 1.86 bits per heavy atom. The molecular weight excluding hydrogens is 266 g/mol. The number of aromatic hydroxyl groups is 2. The average molecular weight is 283 g/mol. The predicted octanol–water partition coefficient (Wildman–Crippen LogP) is 2.61. The molecule has 4 nitrogen and oxygen atoms in total. The van der Waals surface area contributed by atoms with Gasteiger partial charge >= 0.3 is 0 Å². The Bertz CT molecular complexity index is 654. The molecule has 0 aromatic heterocycles. The average Bonchev–Trinajstić information content (AvgIpc) is 2.84. The van der Waals surface area contributed by atoms with Crippen molar-refractivity contribution < 1.29 is 15.0 Å². The first-order valence-corrected chi connectivity index (χ1v) is 6.97. The molecule has 21 heavy (non-hydrogen) atoms. The number of likely N-dealkylation sites (tertiary alicyclic amines) is 1. The minimum absolute atomic E-state index is 0.0194. The van der Waals surface area contributed by atoms with Gasteiger partial charge in [-0.2, -0.15) is 0 Å². The van der Waals surface area contributed by atoms with Gasteiger partial charge in [0.2, 0.25) is 5.91 Å². The zero-order valence-corrected chi connectivity index (χ0v) is 11.6. The Balaban J connectivity index is 1.74. The SMILES string of the molecule is O=C1CC(c2ccccc2)CN1Cc1ccc(O)cc1O. The Kier molecular flexibility index (Phi) is 3.52. The van der Waals surface area contributed by atoms with Crippen LogP contribution in [0.5, 0.6) is 11.5 Å². The number of hydrogen-bond donors (Lipinski definition) is 2. The van der Waals surface area contributed by atoms with Crippen LogP contribution in [0.1, 0.15) is 23.5 Å². The van der Waals surface area contributed by atoms with Crippen LogP contribution in [0.3, 0.4) is 0 Å². The van der Waals surface area contributed by atoms with E-state index in [4.69, 9.17) is 0 Å². The standard InChI is InChI=1S/C17H17NO3/c19-15-7-6-13(16(20)9-15)10-18-11-14(8-17(18)21)12-4-2-1-3-5-12/h1-7,9,14,19-20H,8,10-11H2. The van der Waals surface area contributed by atoms with Crippen LogP contribution < -0.4 is 0 Å². The molecule has 1 atom stereocenters. The summed E-state index contributed by atoms with van der Waals surface area (Å²) in [5.74, 6) is 0.339. The number of amides is 1. The Morgan fingerprint density at radius 1 is 1.10 bits per heavy atom. The fourth-order valence-corrected chi connectivity index (χ4v) is 2.77. The van der Waals surface area contributed by atoms with Gasteiger partial charge in [0.1, 0.15) is 11.5 Å². The van der Waals surface area contributed by atoms with Crippen molar-refractivity contribution in [2.24, 2.45) is 0 Å². The van der Waals surface area contributed by atoms with Crippen LogP contribution in [0.2, 0.25) is 0 Å². The maximum Gasteiger partial charge on any atom is 0.223 e. The van der Waals surface area contributed by atoms with Crippen molar-refractivity contribution in [2.75, 3.05) is 6.54 Å². The second kappa shape index (κ2) is 5.48. The van der Waals surface area contributed by atoms with Crippen molar-refractivity contribution in [2.45, 2.75) is 18.9 Å². The molecule has 0 saturated carbocycles. The van der Waals surface area contributed by atoms with Gasteiger partial charge in [0.15, 0.2) is 0 Å². The van der Waals surface area contributed by atoms with Gasteiger partial charge in [0.05, 0.1) is 0 Å². The molecular formula is C17H17NO3. The molecule has 0 spiro atoms. The minimum Gasteiger partial charge on any atom is -0.508 e. The van der Waals surface area contributed by atoms with E-state index in [1.165, 1.54) is 17.7 Å². The predicted molar refractivity (Wildman–Crippen MR) is 79.0 cm³/mol. The molecule has 1 aliphatic rings. The van der Waals surface area contributed by atoms with Crippen molar-refractivity contribution in [3.05, 3.63) is 59.7 Å². The Hall–Kier alpha value is -2.49. The summed E-state index contributed by atoms with van der Waals surface area (Å²) < 4.78 is 0. The van der Waals surface area contributed by atoms with E-state index in [-0.39, 0.29) is 23.3 Å². The summed E-state index contributed by atoms with van der Waals surface area (Å²) in [6, 6.07) is 14.5. The summed E-state index contributed by atoms with van der Waals surface area (Å²) in [6.45, 7) is 1.03. The molecule has 1 saturated heterocycles. The van der Waals surface area contributed by atoms with Crippen LogP contribution in [0, 0.1) is 0 Å². The summed E-state index contributed by atoms with van der Waals surface area (Å²) in [5.41, 5.74) is 1.82. The molecule has 0 radical (unpaired) electrons. The van der Waals surface area contributed by atoms with Crippen LogP contribution in [0.15, 0.2) is 48.5 Å². The number of hydrogen-bond acceptors (Lipinski definition) is 3. The fourth-order valence-electron chi connectivity index (χ4n) is 2.77. The highest BCUT2D eigenvalue weighted by molar-refractivity contribution is 5.79. The van der Waals surface area contributed by atoms with Crippen LogP contribution in [0.25, 0.3) is 0 Å². The zero-order valence-electron chi connectivity index (χ0n) is 11.6. The molecule has 1 amide bonds. The second-order valence-electron chi connectivity index (χ2n) is 5.40. The first-order chi connectivity index (χ1) is 10.1. The molecule has 4 heteroatoms. The topological polar surface area (TPSA) is 60.8 Å². The number of carbonyl (C=O) groups excluding carboxylic acids is 1. The van der Waals surface area contributed by atoms with Gasteiger partial charge in [-0.05, 0) is 17.7 Å². The van der Waals surface area contributed by atoms with Crippen molar-refractivity contribution in [1.29, 1.82) is 0 Å². The van der Waals surface area contributed by atoms with Crippen LogP contribution in [-0.2, 0) is 11.3 Å². The molecule has 0 bridgehead atoms. The van der Waals surface area contributed by atoms with Gasteiger partial charge in [0, 0.05) is 37.1 Å². The van der Waals surface area contributed by atoms with Gasteiger partial charge in [-0.1, -0.05) is 30.3 Å². The summed E-state index contributed by atoms with van der Waals surface area (Å²) in [7, 11) is 0. The molecule has 2 aromatic carbocycles. The fraction of sp³-hybridized carbons (Fsp3) is 0.235. The number of rotatable bonds is 3. The molecule has 1 unspecified atom stereocenters. The Labute approximate surface area is 123 Å². The maximum atomic E-state index is 12.1. The van der Waals surface area contributed by atoms with Gasteiger partial charge in [-0.25, -0.2) is 0 Å². The number of benzene rings is 2. The molecule has 2 N–H and O–H groups in total. The van der Waals surface area contributed by atoms with Crippen molar-refractivity contribution in [3.8, 4) is 11.5 Å². The normalized spacial score (nSPS) is 18.2. The second-order valence-corrected chi connectivity index (χ2v) is 5.40. The summed E-state index contributed by atoms with van der Waals surface area (Å²) in [4.78, 5) is 13.9. The zero-order chi connectivity index (χ0) is 14.8. The number of phenolic OH excluding ortho intramolecular Hbond substituents is 2. The van der Waals surface area contributed by atoms with Gasteiger partial charge in [-0.15, -0.1) is 0 Å². The molecule has 1 aliphatic heterocycles. The third-order valence-electron chi connectivity index (χ3n) is 3.92. The van der Waals surface area contributed by atoms with E-state index in [0.717, 1.165) is 0 Å². The van der Waals surface area contributed by atoms with E-state index in [1.54, 1.807) is 11.0 Å². The van der Waals surface area contributed by atoms with E-state index in [0.29, 0.717) is 25.1 Å². The number of nitrogens with zero attached hydrogens (tertiary/aromatic N) is 1. The lowest BCUT2D eigenvalue weighted by Gasteiger charge is -2.17. The highest BCUT2D eigenvalue weighted by Gasteiger charge is 2.30. The molecule has 2 aromatic rings. The summed E-state index contributed by atoms with van der Waals surface area (Å²) in [6.07, 6.45) is 0.503. The number of carbonyl (C=O) groups is 1. The maximum absolute atomic E-state index is 12.1. The highest BCUT2D eigenvalue weighted by atomic mass is 16.3. The third kappa shape index (κ3) is 2.84. The first-order valence-electron chi connectivity index (χ1n) is 6.97. The largest absolute Gasteiger partial charge is 0.508 e. The minimum atomic E-state index is 0.0194. The van der Waals surface area contributed by atoms with Crippen LogP contribution in [-0.4, -0.2) is 27.6 Å². The van der Waals surface area contributed by atoms with E-state index >= 15 is 0 Å². The molecule has 3 rings (SSSR count). The summed E-state index contributed by atoms with van der Waals surface area (Å²) >= 11 is 0. The van der Waals surface area contributed by atoms with Crippen LogP contribution >= 0.6 is 0 Å². The molecule has 108 valence electrons. The molecule has 1 fully saturated rings. The van der Waals surface area contributed by atoms with E-state index in [9.17, 15) is 15.0 Å². The summed E-state index contributed by atoms with van der Waals surface area (Å²) in [5, 5.41) is 19.1. The number of phenols is 2. The Morgan fingerprint density at radius 3 is 2.57 bits per heavy atom. The van der Waals surface area contributed by atoms with E-state index in [1.807, 2.05) is 30.3 Å². The van der Waals surface area contributed by atoms with Gasteiger partial charge in [0.25, 0.3) is 0 Å². The van der Waals surface area contributed by atoms with Crippen molar-refractivity contribution >= 4 is 5.91 Å². The first kappa shape index (κ1) is 13.5. The van der Waals surface area contributed by atoms with E-state index in [2.05, 4.69) is 0 Å². The van der Waals surface area contributed by atoms with E-state index < -0.39 is 0 Å². The monoisotopic (exact) mass is 283 g/mol. The smallest absolute Gasteiger partial charge is 0.223 e. The molecule has 1 heterocycles. The van der Waals surface area contributed by atoms with Crippen molar-refractivity contribution in [1.82, 2.24) is 4.90 Å². The third-order valence-corrected chi connectivity index (χ3v) is 3.92. The van der Waals surface area contributed by atoms with Gasteiger partial charge < -0.3 is 15.1 Å². The lowest BCUT2D eigenvalue weighted by molar-refractivity contribution is -0.128. The highest BCUT2D eigenvalue weighted by Crippen LogP contribution is 2.31. The molecule has 0 aliphatic carbocycles. The lowest BCUT2D eigenvalue weighted by Crippen LogP contribution is -2.24. The van der Waals surface area contributed by atoms with Crippen molar-refractivity contribution in [3.63, 3.8) is 0 Å². The quantitative estimate of drug-likeness (QED) is 0.910.